The fraction of sp³-hybridized carbons (Fsp3) is 0.308. The zero-order chi connectivity index (χ0) is 11.9. The number of aryl methyl sites for hydroxylation is 1. The number of aromatic nitrogens is 2. The average Bonchev–Trinajstić information content (AvgIpc) is 2.84. The van der Waals surface area contributed by atoms with Gasteiger partial charge in [-0.2, -0.15) is 0 Å². The Kier molecular flexibility index (Phi) is 4.16. The highest BCUT2D eigenvalue weighted by molar-refractivity contribution is 5.20. The Hall–Kier alpha value is -1.81. The molecule has 90 valence electrons. The number of ether oxygens (including phenoxy) is 1. The van der Waals surface area contributed by atoms with Crippen molar-refractivity contribution in [2.45, 2.75) is 19.5 Å². The largest absolute Gasteiger partial charge is 0.494 e. The topological polar surface area (TPSA) is 53.1 Å². The molecule has 1 heterocycles. The van der Waals surface area contributed by atoms with E-state index in [1.807, 2.05) is 47.4 Å². The number of imidazole rings is 1. The molecule has 0 amide bonds. The highest BCUT2D eigenvalue weighted by Gasteiger charge is 1.96. The zero-order valence-electron chi connectivity index (χ0n) is 9.75. The molecule has 4 nitrogen and oxygen atoms in total. The Morgan fingerprint density at radius 2 is 2.06 bits per heavy atom. The normalized spacial score (nSPS) is 10.4. The van der Waals surface area contributed by atoms with E-state index < -0.39 is 0 Å². The van der Waals surface area contributed by atoms with Crippen molar-refractivity contribution in [1.29, 1.82) is 0 Å². The molecule has 2 N–H and O–H groups in total. The first-order valence-electron chi connectivity index (χ1n) is 5.77. The summed E-state index contributed by atoms with van der Waals surface area (Å²) in [6, 6.07) is 9.84. The highest BCUT2D eigenvalue weighted by Crippen LogP contribution is 2.08. The van der Waals surface area contributed by atoms with Gasteiger partial charge >= 0.3 is 0 Å². The van der Waals surface area contributed by atoms with Gasteiger partial charge in [-0.05, 0) is 18.6 Å². The van der Waals surface area contributed by atoms with Crippen LogP contribution in [0.4, 0.5) is 0 Å². The van der Waals surface area contributed by atoms with E-state index in [2.05, 4.69) is 4.98 Å². The van der Waals surface area contributed by atoms with Crippen molar-refractivity contribution in [2.24, 2.45) is 5.73 Å². The average molecular weight is 231 g/mol. The van der Waals surface area contributed by atoms with Crippen molar-refractivity contribution in [3.05, 3.63) is 48.5 Å². The third-order valence-electron chi connectivity index (χ3n) is 2.47. The number of hydrogen-bond donors (Lipinski definition) is 1. The molecular formula is C13H17N3O. The van der Waals surface area contributed by atoms with E-state index >= 15 is 0 Å². The molecule has 0 aliphatic heterocycles. The van der Waals surface area contributed by atoms with E-state index in [-0.39, 0.29) is 0 Å². The molecule has 0 saturated carbocycles. The van der Waals surface area contributed by atoms with Crippen LogP contribution in [0.25, 0.3) is 0 Å². The first-order chi connectivity index (χ1) is 8.38. The third-order valence-corrected chi connectivity index (χ3v) is 2.47. The molecular weight excluding hydrogens is 214 g/mol. The highest BCUT2D eigenvalue weighted by atomic mass is 16.5. The number of rotatable bonds is 6. The van der Waals surface area contributed by atoms with Gasteiger partial charge in [0.05, 0.1) is 18.6 Å². The van der Waals surface area contributed by atoms with Gasteiger partial charge < -0.3 is 15.0 Å². The van der Waals surface area contributed by atoms with Crippen LogP contribution in [0.2, 0.25) is 0 Å². The number of benzene rings is 1. The summed E-state index contributed by atoms with van der Waals surface area (Å²) in [6.07, 6.45) is 4.74. The second kappa shape index (κ2) is 6.06. The fourth-order valence-corrected chi connectivity index (χ4v) is 1.59. The summed E-state index contributed by atoms with van der Waals surface area (Å²) >= 11 is 0. The van der Waals surface area contributed by atoms with E-state index in [0.717, 1.165) is 24.4 Å². The van der Waals surface area contributed by atoms with Crippen LogP contribution in [0.3, 0.4) is 0 Å². The molecule has 0 spiro atoms. The lowest BCUT2D eigenvalue weighted by atomic mass is 10.3. The Labute approximate surface area is 101 Å². The van der Waals surface area contributed by atoms with Gasteiger partial charge in [-0.1, -0.05) is 18.2 Å². The monoisotopic (exact) mass is 231 g/mol. The molecule has 1 aromatic heterocycles. The maximum Gasteiger partial charge on any atom is 0.119 e. The van der Waals surface area contributed by atoms with Gasteiger partial charge in [-0.25, -0.2) is 4.98 Å². The molecule has 17 heavy (non-hydrogen) atoms. The molecule has 0 radical (unpaired) electrons. The van der Waals surface area contributed by atoms with E-state index in [0.29, 0.717) is 13.2 Å². The van der Waals surface area contributed by atoms with Gasteiger partial charge in [0.15, 0.2) is 0 Å². The number of nitrogens with zero attached hydrogens (tertiary/aromatic N) is 2. The minimum Gasteiger partial charge on any atom is -0.494 e. The fourth-order valence-electron chi connectivity index (χ4n) is 1.59. The number of hydrogen-bond acceptors (Lipinski definition) is 3. The second-order valence-corrected chi connectivity index (χ2v) is 3.82. The number of nitrogens with two attached hydrogens (primary N) is 1. The summed E-state index contributed by atoms with van der Waals surface area (Å²) in [6.45, 7) is 2.10. The third kappa shape index (κ3) is 3.60. The molecule has 2 rings (SSSR count). The molecule has 0 unspecified atom stereocenters. The van der Waals surface area contributed by atoms with Gasteiger partial charge in [-0.15, -0.1) is 0 Å². The maximum atomic E-state index is 5.60. The molecule has 0 aliphatic carbocycles. The molecule has 1 aromatic carbocycles. The van der Waals surface area contributed by atoms with E-state index in [9.17, 15) is 0 Å². The lowest BCUT2D eigenvalue weighted by Gasteiger charge is -2.05. The van der Waals surface area contributed by atoms with Crippen LogP contribution < -0.4 is 10.5 Å². The van der Waals surface area contributed by atoms with Crippen molar-refractivity contribution in [3.8, 4) is 5.75 Å². The summed E-state index contributed by atoms with van der Waals surface area (Å²) in [7, 11) is 0. The summed E-state index contributed by atoms with van der Waals surface area (Å²) < 4.78 is 7.64. The minimum absolute atomic E-state index is 0.494. The lowest BCUT2D eigenvalue weighted by Crippen LogP contribution is -2.03. The van der Waals surface area contributed by atoms with E-state index in [4.69, 9.17) is 10.5 Å². The second-order valence-electron chi connectivity index (χ2n) is 3.82. The summed E-state index contributed by atoms with van der Waals surface area (Å²) in [4.78, 5) is 4.17. The molecule has 0 aliphatic rings. The van der Waals surface area contributed by atoms with Crippen molar-refractivity contribution in [2.75, 3.05) is 6.61 Å². The van der Waals surface area contributed by atoms with E-state index in [1.54, 1.807) is 0 Å². The standard InChI is InChI=1S/C13H17N3O/c14-9-12-10-16(11-15-12)7-4-8-17-13-5-2-1-3-6-13/h1-3,5-6,10-11H,4,7-9,14H2. The van der Waals surface area contributed by atoms with Gasteiger partial charge in [0.2, 0.25) is 0 Å². The minimum atomic E-state index is 0.494. The lowest BCUT2D eigenvalue weighted by molar-refractivity contribution is 0.302. The van der Waals surface area contributed by atoms with Crippen LogP contribution >= 0.6 is 0 Å². The van der Waals surface area contributed by atoms with Crippen LogP contribution in [0.1, 0.15) is 12.1 Å². The van der Waals surface area contributed by atoms with Crippen molar-refractivity contribution >= 4 is 0 Å². The van der Waals surface area contributed by atoms with Gasteiger partial charge in [0.25, 0.3) is 0 Å². The molecule has 0 saturated heterocycles. The quantitative estimate of drug-likeness (QED) is 0.771. The molecule has 2 aromatic rings. The Morgan fingerprint density at radius 3 is 2.76 bits per heavy atom. The van der Waals surface area contributed by atoms with Crippen molar-refractivity contribution in [1.82, 2.24) is 9.55 Å². The predicted molar refractivity (Wildman–Crippen MR) is 66.7 cm³/mol. The Balaban J connectivity index is 1.69. The maximum absolute atomic E-state index is 5.60. The van der Waals surface area contributed by atoms with Crippen molar-refractivity contribution < 1.29 is 4.74 Å². The van der Waals surface area contributed by atoms with Crippen LogP contribution in [-0.4, -0.2) is 16.2 Å². The van der Waals surface area contributed by atoms with Gasteiger partial charge in [-0.3, -0.25) is 0 Å². The molecule has 4 heteroatoms. The first kappa shape index (κ1) is 11.7. The van der Waals surface area contributed by atoms with Crippen LogP contribution in [-0.2, 0) is 13.1 Å². The predicted octanol–water partition coefficient (Wildman–Crippen LogP) is 1.81. The molecule has 0 bridgehead atoms. The summed E-state index contributed by atoms with van der Waals surface area (Å²) in [5.74, 6) is 0.917. The zero-order valence-corrected chi connectivity index (χ0v) is 9.75. The Morgan fingerprint density at radius 1 is 1.24 bits per heavy atom. The molecule has 0 atom stereocenters. The Bertz CT molecular complexity index is 439. The smallest absolute Gasteiger partial charge is 0.119 e. The van der Waals surface area contributed by atoms with Crippen LogP contribution in [0, 0.1) is 0 Å². The summed E-state index contributed by atoms with van der Waals surface area (Å²) in [5.41, 5.74) is 6.42. The first-order valence-corrected chi connectivity index (χ1v) is 5.77. The van der Waals surface area contributed by atoms with Crippen molar-refractivity contribution in [3.63, 3.8) is 0 Å². The van der Waals surface area contributed by atoms with Crippen LogP contribution in [0.5, 0.6) is 5.75 Å². The SMILES string of the molecule is NCc1cn(CCCOc2ccccc2)cn1. The number of para-hydroxylation sites is 1. The van der Waals surface area contributed by atoms with Crippen LogP contribution in [0.15, 0.2) is 42.9 Å². The molecule has 0 fully saturated rings. The van der Waals surface area contributed by atoms with Gasteiger partial charge in [0.1, 0.15) is 5.75 Å². The van der Waals surface area contributed by atoms with Gasteiger partial charge in [0, 0.05) is 19.3 Å². The van der Waals surface area contributed by atoms with E-state index in [1.165, 1.54) is 0 Å². The summed E-state index contributed by atoms with van der Waals surface area (Å²) in [5, 5.41) is 0.